The zero-order chi connectivity index (χ0) is 10.1. The number of aldehydes is 2. The van der Waals surface area contributed by atoms with E-state index in [-0.39, 0.29) is 0 Å². The molecule has 0 saturated carbocycles. The third-order valence-corrected chi connectivity index (χ3v) is 1.38. The summed E-state index contributed by atoms with van der Waals surface area (Å²) in [5, 5.41) is 0. The van der Waals surface area contributed by atoms with Gasteiger partial charge in [0.25, 0.3) is 0 Å². The summed E-state index contributed by atoms with van der Waals surface area (Å²) < 4.78 is 0. The highest BCUT2D eigenvalue weighted by atomic mass is 16.1. The fourth-order valence-corrected chi connectivity index (χ4v) is 0.656. The van der Waals surface area contributed by atoms with Gasteiger partial charge in [0.2, 0.25) is 0 Å². The van der Waals surface area contributed by atoms with Crippen LogP contribution in [0.2, 0.25) is 0 Å². The van der Waals surface area contributed by atoms with Crippen LogP contribution in [0, 0.1) is 0 Å². The van der Waals surface area contributed by atoms with Gasteiger partial charge in [0.1, 0.15) is 0 Å². The normalized spacial score (nSPS) is 12.8. The number of carbonyl (C=O) groups excluding carboxylic acids is 2. The molecule has 0 aromatic rings. The molecule has 0 radical (unpaired) electrons. The Balaban J connectivity index is 3.58. The summed E-state index contributed by atoms with van der Waals surface area (Å²) in [6, 6.07) is 0. The van der Waals surface area contributed by atoms with Crippen LogP contribution in [-0.4, -0.2) is 37.1 Å². The highest BCUT2D eigenvalue weighted by molar-refractivity contribution is 6.27. The second-order valence-corrected chi connectivity index (χ2v) is 2.64. The molecule has 0 spiro atoms. The van der Waals surface area contributed by atoms with Crippen LogP contribution in [0.15, 0.2) is 9.98 Å². The van der Waals surface area contributed by atoms with E-state index >= 15 is 0 Å². The summed E-state index contributed by atoms with van der Waals surface area (Å²) in [7, 11) is 0. The van der Waals surface area contributed by atoms with Crippen LogP contribution >= 0.6 is 0 Å². The van der Waals surface area contributed by atoms with Gasteiger partial charge in [0.05, 0.1) is 11.4 Å². The number of hydrogen-bond donors (Lipinski definition) is 0. The Bertz CT molecular complexity index is 208. The summed E-state index contributed by atoms with van der Waals surface area (Å²) >= 11 is 0. The Morgan fingerprint density at radius 3 is 1.69 bits per heavy atom. The lowest BCUT2D eigenvalue weighted by molar-refractivity contribution is -0.103. The van der Waals surface area contributed by atoms with Crippen LogP contribution < -0.4 is 0 Å². The highest BCUT2D eigenvalue weighted by Gasteiger charge is 1.88. The van der Waals surface area contributed by atoms with Gasteiger partial charge in [0.15, 0.2) is 12.6 Å². The summed E-state index contributed by atoms with van der Waals surface area (Å²) in [5.41, 5.74) is 0.993. The number of rotatable bonds is 6. The second-order valence-electron chi connectivity index (χ2n) is 2.64. The van der Waals surface area contributed by atoms with Crippen LogP contribution in [0.3, 0.4) is 0 Å². The van der Waals surface area contributed by atoms with Crippen molar-refractivity contribution in [2.75, 3.05) is 13.1 Å². The van der Waals surface area contributed by atoms with Crippen molar-refractivity contribution in [3.63, 3.8) is 0 Å². The Kier molecular flexibility index (Phi) is 6.59. The van der Waals surface area contributed by atoms with Crippen LogP contribution in [0.1, 0.15) is 20.3 Å². The maximum atomic E-state index is 10.1. The number of carbonyl (C=O) groups is 2. The average Bonchev–Trinajstić information content (AvgIpc) is 2.16. The molecule has 0 heterocycles. The van der Waals surface area contributed by atoms with Crippen LogP contribution in [0.5, 0.6) is 0 Å². The molecule has 4 nitrogen and oxygen atoms in total. The Labute approximate surface area is 77.8 Å². The third-order valence-electron chi connectivity index (χ3n) is 1.38. The number of aliphatic imine (C=N–C) groups is 2. The SMILES string of the molecule is CC(C=O)=NCCCN=C(C)C=O. The zero-order valence-electron chi connectivity index (χ0n) is 7.99. The fourth-order valence-electron chi connectivity index (χ4n) is 0.656. The molecule has 72 valence electrons. The minimum absolute atomic E-state index is 0.496. The van der Waals surface area contributed by atoms with Crippen molar-refractivity contribution in [1.29, 1.82) is 0 Å². The molecule has 0 aliphatic carbocycles. The lowest BCUT2D eigenvalue weighted by Gasteiger charge is -1.92. The van der Waals surface area contributed by atoms with Gasteiger partial charge in [-0.1, -0.05) is 0 Å². The lowest BCUT2D eigenvalue weighted by atomic mass is 10.4. The van der Waals surface area contributed by atoms with Crippen LogP contribution in [-0.2, 0) is 9.59 Å². The van der Waals surface area contributed by atoms with Gasteiger partial charge in [-0.15, -0.1) is 0 Å². The van der Waals surface area contributed by atoms with Gasteiger partial charge in [0, 0.05) is 13.1 Å². The molecule has 13 heavy (non-hydrogen) atoms. The van der Waals surface area contributed by atoms with Crippen molar-refractivity contribution in [2.24, 2.45) is 9.98 Å². The van der Waals surface area contributed by atoms with Crippen molar-refractivity contribution < 1.29 is 9.59 Å². The third kappa shape index (κ3) is 7.05. The maximum Gasteiger partial charge on any atom is 0.163 e. The van der Waals surface area contributed by atoms with E-state index in [1.165, 1.54) is 0 Å². The lowest BCUT2D eigenvalue weighted by Crippen LogP contribution is -1.98. The molecular weight excluding hydrogens is 168 g/mol. The zero-order valence-corrected chi connectivity index (χ0v) is 7.99. The second kappa shape index (κ2) is 7.34. The number of hydrogen-bond acceptors (Lipinski definition) is 4. The smallest absolute Gasteiger partial charge is 0.163 e. The van der Waals surface area contributed by atoms with Gasteiger partial charge in [-0.05, 0) is 20.3 Å². The van der Waals surface area contributed by atoms with Crippen molar-refractivity contribution in [3.05, 3.63) is 0 Å². The average molecular weight is 182 g/mol. The maximum absolute atomic E-state index is 10.1. The number of nitrogens with zero attached hydrogens (tertiary/aromatic N) is 2. The van der Waals surface area contributed by atoms with Crippen molar-refractivity contribution >= 4 is 24.0 Å². The van der Waals surface area contributed by atoms with E-state index in [1.54, 1.807) is 13.8 Å². The predicted octanol–water partition coefficient (Wildman–Crippen LogP) is 0.696. The van der Waals surface area contributed by atoms with E-state index in [0.717, 1.165) is 19.0 Å². The topological polar surface area (TPSA) is 58.9 Å². The molecule has 0 atom stereocenters. The Morgan fingerprint density at radius 1 is 1.00 bits per heavy atom. The molecule has 0 bridgehead atoms. The highest BCUT2D eigenvalue weighted by Crippen LogP contribution is 1.85. The molecule has 0 aliphatic rings. The minimum atomic E-state index is 0.496. The molecule has 0 unspecified atom stereocenters. The monoisotopic (exact) mass is 182 g/mol. The van der Waals surface area contributed by atoms with Gasteiger partial charge < -0.3 is 0 Å². The van der Waals surface area contributed by atoms with Gasteiger partial charge in [-0.3, -0.25) is 19.6 Å². The molecule has 0 saturated heterocycles. The van der Waals surface area contributed by atoms with E-state index in [1.807, 2.05) is 0 Å². The van der Waals surface area contributed by atoms with Crippen LogP contribution in [0.25, 0.3) is 0 Å². The summed E-state index contributed by atoms with van der Waals surface area (Å²) in [6.07, 6.45) is 2.20. The van der Waals surface area contributed by atoms with Gasteiger partial charge >= 0.3 is 0 Å². The van der Waals surface area contributed by atoms with Crippen LogP contribution in [0.4, 0.5) is 0 Å². The molecule has 0 amide bonds. The largest absolute Gasteiger partial charge is 0.297 e. The summed E-state index contributed by atoms with van der Waals surface area (Å²) in [4.78, 5) is 28.1. The first-order valence-electron chi connectivity index (χ1n) is 4.13. The quantitative estimate of drug-likeness (QED) is 0.345. The first-order valence-corrected chi connectivity index (χ1v) is 4.13. The minimum Gasteiger partial charge on any atom is -0.297 e. The van der Waals surface area contributed by atoms with E-state index in [2.05, 4.69) is 9.98 Å². The molecule has 0 aliphatic heterocycles. The Hall–Kier alpha value is -1.32. The Morgan fingerprint density at radius 2 is 1.38 bits per heavy atom. The van der Waals surface area contributed by atoms with E-state index < -0.39 is 0 Å². The van der Waals surface area contributed by atoms with Gasteiger partial charge in [-0.25, -0.2) is 0 Å². The standard InChI is InChI=1S/C9H14N2O2/c1-8(6-12)10-4-3-5-11-9(2)7-13/h6-7H,3-5H2,1-2H3. The molecule has 0 N–H and O–H groups in total. The van der Waals surface area contributed by atoms with Crippen molar-refractivity contribution in [1.82, 2.24) is 0 Å². The van der Waals surface area contributed by atoms with E-state index in [0.29, 0.717) is 24.5 Å². The first-order chi connectivity index (χ1) is 6.20. The van der Waals surface area contributed by atoms with Gasteiger partial charge in [-0.2, -0.15) is 0 Å². The molecule has 0 fully saturated rings. The molecule has 0 aromatic heterocycles. The fraction of sp³-hybridized carbons (Fsp3) is 0.556. The molecule has 0 aromatic carbocycles. The summed E-state index contributed by atoms with van der Waals surface area (Å²) in [5.74, 6) is 0. The van der Waals surface area contributed by atoms with Crippen molar-refractivity contribution in [3.8, 4) is 0 Å². The molecule has 0 rings (SSSR count). The predicted molar refractivity (Wildman–Crippen MR) is 52.7 cm³/mol. The van der Waals surface area contributed by atoms with E-state index in [4.69, 9.17) is 0 Å². The molecule has 4 heteroatoms. The molecular formula is C9H14N2O2. The summed E-state index contributed by atoms with van der Waals surface area (Å²) in [6.45, 7) is 4.49. The first kappa shape index (κ1) is 11.7. The van der Waals surface area contributed by atoms with E-state index in [9.17, 15) is 9.59 Å². The van der Waals surface area contributed by atoms with Crippen molar-refractivity contribution in [2.45, 2.75) is 20.3 Å².